The average molecular weight is 505 g/mol. The molecule has 1 amide bonds. The standard InChI is InChI=1S/C23H20ClF3N6O2/c1-13-17(11-31-33(13)20-18(24)8-14(9-30-20)23(25,26)27)21(35)32-15-2-3-19(29-10-15)22(12-28)6-4-16(34)5-7-22/h2-3,8-11,16,34H,4-7H2,1H3,(H,32,35)/t16-,22-. The molecule has 0 saturated heterocycles. The molecule has 4 rings (SSSR count). The molecular formula is C23H20ClF3N6O2. The van der Waals surface area contributed by atoms with Gasteiger partial charge in [0.05, 0.1) is 63.2 Å². The van der Waals surface area contributed by atoms with Crippen molar-refractivity contribution in [3.05, 3.63) is 64.3 Å². The van der Waals surface area contributed by atoms with Crippen molar-refractivity contribution in [3.8, 4) is 11.9 Å². The highest BCUT2D eigenvalue weighted by Gasteiger charge is 2.38. The number of halogens is 4. The number of pyridine rings is 2. The molecule has 1 aliphatic carbocycles. The van der Waals surface area contributed by atoms with Crippen molar-refractivity contribution < 1.29 is 23.1 Å². The first-order valence-electron chi connectivity index (χ1n) is 10.7. The SMILES string of the molecule is Cc1c(C(=O)Nc2ccc([C@]3(C#N)CC[C@@H](O)CC3)nc2)cnn1-c1ncc(C(F)(F)F)cc1Cl. The number of carbonyl (C=O) groups is 1. The van der Waals surface area contributed by atoms with Crippen LogP contribution in [0.4, 0.5) is 18.9 Å². The Morgan fingerprint density at radius 1 is 1.26 bits per heavy atom. The Balaban J connectivity index is 1.51. The molecule has 0 bridgehead atoms. The fraction of sp³-hybridized carbons (Fsp3) is 0.348. The van der Waals surface area contributed by atoms with Gasteiger partial charge in [-0.1, -0.05) is 11.6 Å². The van der Waals surface area contributed by atoms with Gasteiger partial charge in [0.25, 0.3) is 5.91 Å². The lowest BCUT2D eigenvalue weighted by Crippen LogP contribution is -2.33. The van der Waals surface area contributed by atoms with Crippen molar-refractivity contribution in [3.63, 3.8) is 0 Å². The van der Waals surface area contributed by atoms with Crippen LogP contribution in [0.1, 0.15) is 53.0 Å². The van der Waals surface area contributed by atoms with Gasteiger partial charge in [-0.25, -0.2) is 9.67 Å². The molecule has 3 heterocycles. The molecule has 0 aliphatic heterocycles. The molecule has 0 unspecified atom stereocenters. The fourth-order valence-corrected chi connectivity index (χ4v) is 4.30. The maximum atomic E-state index is 12.9. The van der Waals surface area contributed by atoms with Crippen LogP contribution in [-0.4, -0.2) is 36.9 Å². The fourth-order valence-electron chi connectivity index (χ4n) is 4.06. The van der Waals surface area contributed by atoms with E-state index in [2.05, 4.69) is 26.5 Å². The zero-order valence-electron chi connectivity index (χ0n) is 18.5. The van der Waals surface area contributed by atoms with E-state index in [9.17, 15) is 28.3 Å². The van der Waals surface area contributed by atoms with E-state index in [1.807, 2.05) is 0 Å². The van der Waals surface area contributed by atoms with Crippen LogP contribution >= 0.6 is 11.6 Å². The molecule has 0 radical (unpaired) electrons. The van der Waals surface area contributed by atoms with Crippen LogP contribution in [0.15, 0.2) is 36.8 Å². The summed E-state index contributed by atoms with van der Waals surface area (Å²) in [6.07, 6.45) is 0.413. The zero-order chi connectivity index (χ0) is 25.4. The lowest BCUT2D eigenvalue weighted by molar-refractivity contribution is -0.137. The monoisotopic (exact) mass is 504 g/mol. The van der Waals surface area contributed by atoms with Crippen LogP contribution in [0.5, 0.6) is 0 Å². The second-order valence-electron chi connectivity index (χ2n) is 8.39. The van der Waals surface area contributed by atoms with Gasteiger partial charge in [0.2, 0.25) is 0 Å². The van der Waals surface area contributed by atoms with E-state index in [1.54, 1.807) is 19.1 Å². The van der Waals surface area contributed by atoms with Gasteiger partial charge in [0, 0.05) is 6.20 Å². The maximum absolute atomic E-state index is 12.9. The highest BCUT2D eigenvalue weighted by molar-refractivity contribution is 6.32. The molecule has 1 aliphatic rings. The Morgan fingerprint density at radius 3 is 2.54 bits per heavy atom. The van der Waals surface area contributed by atoms with Gasteiger partial charge in [-0.05, 0) is 50.8 Å². The average Bonchev–Trinajstić information content (AvgIpc) is 3.21. The summed E-state index contributed by atoms with van der Waals surface area (Å²) in [6, 6.07) is 6.40. The number of nitriles is 1. The number of alkyl halides is 3. The topological polar surface area (TPSA) is 117 Å². The Morgan fingerprint density at radius 2 is 1.97 bits per heavy atom. The molecular weight excluding hydrogens is 485 g/mol. The first-order chi connectivity index (χ1) is 16.5. The summed E-state index contributed by atoms with van der Waals surface area (Å²) in [7, 11) is 0. The minimum absolute atomic E-state index is 0.0401. The predicted octanol–water partition coefficient (Wildman–Crippen LogP) is 4.59. The Bertz CT molecular complexity index is 1290. The Kier molecular flexibility index (Phi) is 6.53. The van der Waals surface area contributed by atoms with E-state index in [0.717, 1.165) is 6.07 Å². The summed E-state index contributed by atoms with van der Waals surface area (Å²) in [4.78, 5) is 21.0. The quantitative estimate of drug-likeness (QED) is 0.536. The number of nitrogens with one attached hydrogen (secondary N) is 1. The van der Waals surface area contributed by atoms with Crippen LogP contribution < -0.4 is 5.32 Å². The molecule has 1 fully saturated rings. The second kappa shape index (κ2) is 9.28. The zero-order valence-corrected chi connectivity index (χ0v) is 19.2. The van der Waals surface area contributed by atoms with E-state index in [4.69, 9.17) is 11.6 Å². The molecule has 182 valence electrons. The summed E-state index contributed by atoms with van der Waals surface area (Å²) >= 11 is 6.00. The number of aliphatic hydroxyl groups excluding tert-OH is 1. The number of nitrogens with zero attached hydrogens (tertiary/aromatic N) is 5. The van der Waals surface area contributed by atoms with Gasteiger partial charge in [-0.2, -0.15) is 23.5 Å². The molecule has 12 heteroatoms. The van der Waals surface area contributed by atoms with Crippen molar-refractivity contribution >= 4 is 23.2 Å². The lowest BCUT2D eigenvalue weighted by Gasteiger charge is -2.32. The number of hydrogen-bond acceptors (Lipinski definition) is 6. The number of aliphatic hydroxyl groups is 1. The van der Waals surface area contributed by atoms with E-state index >= 15 is 0 Å². The van der Waals surface area contributed by atoms with Gasteiger partial charge in [0.1, 0.15) is 0 Å². The lowest BCUT2D eigenvalue weighted by atomic mass is 9.72. The van der Waals surface area contributed by atoms with Crippen molar-refractivity contribution in [2.45, 2.75) is 50.3 Å². The number of hydrogen-bond donors (Lipinski definition) is 2. The molecule has 3 aromatic rings. The molecule has 0 atom stereocenters. The number of carbonyl (C=O) groups excluding carboxylic acids is 1. The second-order valence-corrected chi connectivity index (χ2v) is 8.80. The van der Waals surface area contributed by atoms with Crippen LogP contribution in [0.3, 0.4) is 0 Å². The van der Waals surface area contributed by atoms with Crippen molar-refractivity contribution in [1.82, 2.24) is 19.7 Å². The molecule has 0 aromatic carbocycles. The smallest absolute Gasteiger partial charge is 0.393 e. The maximum Gasteiger partial charge on any atom is 0.417 e. The van der Waals surface area contributed by atoms with Crippen LogP contribution in [-0.2, 0) is 11.6 Å². The Hall–Kier alpha value is -3.49. The number of amides is 1. The summed E-state index contributed by atoms with van der Waals surface area (Å²) in [5, 5.41) is 26.0. The normalized spacial score (nSPS) is 20.3. The molecule has 1 saturated carbocycles. The van der Waals surface area contributed by atoms with Gasteiger partial charge in [0.15, 0.2) is 5.82 Å². The van der Waals surface area contributed by atoms with Crippen molar-refractivity contribution in [1.29, 1.82) is 5.26 Å². The molecule has 8 nitrogen and oxygen atoms in total. The number of rotatable bonds is 4. The van der Waals surface area contributed by atoms with Crippen molar-refractivity contribution in [2.75, 3.05) is 5.32 Å². The van der Waals surface area contributed by atoms with E-state index in [-0.39, 0.29) is 16.4 Å². The first kappa shape index (κ1) is 24.6. The summed E-state index contributed by atoms with van der Waals surface area (Å²) in [5.41, 5.74) is -0.301. The van der Waals surface area contributed by atoms with Crippen LogP contribution in [0, 0.1) is 18.3 Å². The van der Waals surface area contributed by atoms with Gasteiger partial charge in [-0.15, -0.1) is 0 Å². The van der Waals surface area contributed by atoms with Gasteiger partial charge in [-0.3, -0.25) is 9.78 Å². The molecule has 2 N–H and O–H groups in total. The van der Waals surface area contributed by atoms with Gasteiger partial charge >= 0.3 is 6.18 Å². The van der Waals surface area contributed by atoms with Crippen molar-refractivity contribution in [2.24, 2.45) is 0 Å². The third-order valence-electron chi connectivity index (χ3n) is 6.14. The number of aromatic nitrogens is 4. The van der Waals surface area contributed by atoms with E-state index < -0.39 is 29.2 Å². The molecule has 3 aromatic heterocycles. The molecule has 35 heavy (non-hydrogen) atoms. The van der Waals surface area contributed by atoms with Crippen LogP contribution in [0.25, 0.3) is 5.82 Å². The van der Waals surface area contributed by atoms with E-state index in [1.165, 1.54) is 17.1 Å². The minimum Gasteiger partial charge on any atom is -0.393 e. The molecule has 0 spiro atoms. The van der Waals surface area contributed by atoms with E-state index in [0.29, 0.717) is 49.0 Å². The van der Waals surface area contributed by atoms with Gasteiger partial charge < -0.3 is 10.4 Å². The highest BCUT2D eigenvalue weighted by Crippen LogP contribution is 2.38. The predicted molar refractivity (Wildman–Crippen MR) is 120 cm³/mol. The third kappa shape index (κ3) is 4.85. The minimum atomic E-state index is -4.59. The third-order valence-corrected chi connectivity index (χ3v) is 6.42. The number of anilines is 1. The largest absolute Gasteiger partial charge is 0.417 e. The Labute approximate surface area is 203 Å². The summed E-state index contributed by atoms with van der Waals surface area (Å²) in [6.45, 7) is 1.56. The first-order valence-corrected chi connectivity index (χ1v) is 11.1. The van der Waals surface area contributed by atoms with Crippen LogP contribution in [0.2, 0.25) is 5.02 Å². The highest BCUT2D eigenvalue weighted by atomic mass is 35.5. The summed E-state index contributed by atoms with van der Waals surface area (Å²) < 4.78 is 39.8. The summed E-state index contributed by atoms with van der Waals surface area (Å²) in [5.74, 6) is -0.552.